The van der Waals surface area contributed by atoms with Crippen molar-refractivity contribution < 1.29 is 19.1 Å². The van der Waals surface area contributed by atoms with E-state index in [-0.39, 0.29) is 46.2 Å². The van der Waals surface area contributed by atoms with Crippen molar-refractivity contribution in [2.45, 2.75) is 20.3 Å². The first-order valence-corrected chi connectivity index (χ1v) is 14.8. The van der Waals surface area contributed by atoms with Crippen molar-refractivity contribution in [3.8, 4) is 11.5 Å². The summed E-state index contributed by atoms with van der Waals surface area (Å²) in [5.41, 5.74) is 2.19. The van der Waals surface area contributed by atoms with Crippen molar-refractivity contribution >= 4 is 52.5 Å². The molecular formula is C30H40Cl2N8O4. The molecule has 14 heteroatoms. The summed E-state index contributed by atoms with van der Waals surface area (Å²) >= 11 is 12.9. The highest BCUT2D eigenvalue weighted by Gasteiger charge is 2.25. The quantitative estimate of drug-likeness (QED) is 0.253. The van der Waals surface area contributed by atoms with Crippen molar-refractivity contribution in [3.05, 3.63) is 64.6 Å². The number of hydrogen-bond acceptors (Lipinski definition) is 9. The Balaban J connectivity index is 1.81. The molecule has 0 unspecified atom stereocenters. The summed E-state index contributed by atoms with van der Waals surface area (Å²) < 4.78 is 10.6. The number of hydrogen-bond donors (Lipinski definition) is 3. The number of allylic oxidation sites excluding steroid dienone is 3. The molecule has 0 aliphatic carbocycles. The molecule has 3 N–H and O–H groups in total. The third kappa shape index (κ3) is 8.55. The van der Waals surface area contributed by atoms with Crippen molar-refractivity contribution in [1.29, 1.82) is 0 Å². The number of ether oxygens (including phenoxy) is 2. The predicted octanol–water partition coefficient (Wildman–Crippen LogP) is 4.46. The van der Waals surface area contributed by atoms with Gasteiger partial charge in [-0.05, 0) is 31.7 Å². The molecule has 238 valence electrons. The zero-order valence-electron chi connectivity index (χ0n) is 25.8. The molecule has 2 aliphatic rings. The standard InChI is InChI=1S/C30H40Cl2N8O4/c1-8-20(36-26(41)9-2)21(15-19(4)40-13-11-39(10-3)12-14-40)35-24-17-25(34-18-33-24)38(5)30(42)37-29-27(31)22(43-6)16-23(44-7)28(29)32/h8-9,15-16H,1-2,10-14,17-18H2,3-7H3,(H,33,35)(H,36,41)(H,37,42)/b19-15+,21-20-. The normalized spacial score (nSPS) is 16.2. The molecule has 3 rings (SSSR count). The number of likely N-dealkylation sites (N-methyl/N-ethyl adjacent to an activating group) is 1. The molecule has 12 nitrogen and oxygen atoms in total. The molecule has 0 spiro atoms. The van der Waals surface area contributed by atoms with Crippen LogP contribution < -0.4 is 25.4 Å². The van der Waals surface area contributed by atoms with Gasteiger partial charge in [-0.2, -0.15) is 0 Å². The van der Waals surface area contributed by atoms with E-state index in [1.54, 1.807) is 13.1 Å². The van der Waals surface area contributed by atoms with E-state index in [2.05, 4.69) is 55.8 Å². The fourth-order valence-electron chi connectivity index (χ4n) is 4.54. The van der Waals surface area contributed by atoms with E-state index >= 15 is 0 Å². The van der Waals surface area contributed by atoms with Gasteiger partial charge in [0.05, 0.1) is 37.7 Å². The number of carbonyl (C=O) groups excluding carboxylic acids is 2. The summed E-state index contributed by atoms with van der Waals surface area (Å²) in [6.07, 6.45) is 4.88. The number of nitrogens with one attached hydrogen (secondary N) is 3. The van der Waals surface area contributed by atoms with Gasteiger partial charge in [0.25, 0.3) is 0 Å². The first-order valence-electron chi connectivity index (χ1n) is 14.0. The number of carbonyl (C=O) groups is 2. The van der Waals surface area contributed by atoms with Crippen LogP contribution in [0.3, 0.4) is 0 Å². The van der Waals surface area contributed by atoms with Crippen LogP contribution in [-0.2, 0) is 4.79 Å². The Morgan fingerprint density at radius 2 is 1.66 bits per heavy atom. The minimum Gasteiger partial charge on any atom is -0.495 e. The van der Waals surface area contributed by atoms with Gasteiger partial charge in [0.15, 0.2) is 0 Å². The van der Waals surface area contributed by atoms with Crippen LogP contribution in [0.25, 0.3) is 0 Å². The Hall–Kier alpha value is -4.00. The second-order valence-electron chi connectivity index (χ2n) is 9.83. The number of amidine groups is 2. The number of urea groups is 1. The molecule has 2 heterocycles. The van der Waals surface area contributed by atoms with Crippen molar-refractivity contribution in [2.75, 3.05) is 66.0 Å². The number of benzene rings is 1. The second-order valence-corrected chi connectivity index (χ2v) is 10.6. The van der Waals surface area contributed by atoms with Crippen LogP contribution in [0.4, 0.5) is 10.5 Å². The molecular weight excluding hydrogens is 607 g/mol. The van der Waals surface area contributed by atoms with E-state index in [0.717, 1.165) is 38.4 Å². The fourth-order valence-corrected chi connectivity index (χ4v) is 5.14. The molecule has 2 aliphatic heterocycles. The molecule has 1 saturated heterocycles. The van der Waals surface area contributed by atoms with Gasteiger partial charge >= 0.3 is 6.03 Å². The fraction of sp³-hybridized carbons (Fsp3) is 0.400. The van der Waals surface area contributed by atoms with E-state index in [4.69, 9.17) is 32.7 Å². The average Bonchev–Trinajstić information content (AvgIpc) is 3.04. The second kappa shape index (κ2) is 16.2. The third-order valence-electron chi connectivity index (χ3n) is 7.23. The number of aliphatic imine (C=N–C) groups is 2. The van der Waals surface area contributed by atoms with Gasteiger partial charge < -0.3 is 35.2 Å². The highest BCUT2D eigenvalue weighted by Crippen LogP contribution is 2.44. The predicted molar refractivity (Wildman–Crippen MR) is 177 cm³/mol. The van der Waals surface area contributed by atoms with E-state index in [9.17, 15) is 9.59 Å². The molecule has 0 aromatic heterocycles. The molecule has 0 radical (unpaired) electrons. The first kappa shape index (κ1) is 34.5. The van der Waals surface area contributed by atoms with Crippen LogP contribution in [0.5, 0.6) is 11.5 Å². The van der Waals surface area contributed by atoms with Gasteiger partial charge in [-0.15, -0.1) is 0 Å². The number of methoxy groups -OCH3 is 2. The van der Waals surface area contributed by atoms with Gasteiger partial charge in [-0.3, -0.25) is 9.69 Å². The number of halogens is 2. The Morgan fingerprint density at radius 3 is 2.20 bits per heavy atom. The van der Waals surface area contributed by atoms with Crippen LogP contribution in [0.2, 0.25) is 10.0 Å². The van der Waals surface area contributed by atoms with E-state index in [1.165, 1.54) is 31.3 Å². The minimum absolute atomic E-state index is 0.0845. The lowest BCUT2D eigenvalue weighted by atomic mass is 10.2. The van der Waals surface area contributed by atoms with Gasteiger partial charge in [0.1, 0.15) is 39.9 Å². The Bertz CT molecular complexity index is 1370. The van der Waals surface area contributed by atoms with Crippen molar-refractivity contribution in [3.63, 3.8) is 0 Å². The molecule has 0 atom stereocenters. The van der Waals surface area contributed by atoms with E-state index < -0.39 is 6.03 Å². The summed E-state index contributed by atoms with van der Waals surface area (Å²) in [7, 11) is 4.47. The molecule has 1 fully saturated rings. The molecule has 3 amide bonds. The molecule has 0 saturated carbocycles. The summed E-state index contributed by atoms with van der Waals surface area (Å²) in [4.78, 5) is 40.5. The van der Waals surface area contributed by atoms with Crippen LogP contribution in [0.1, 0.15) is 20.3 Å². The zero-order chi connectivity index (χ0) is 32.4. The summed E-state index contributed by atoms with van der Waals surface area (Å²) in [5.74, 6) is 1.17. The largest absolute Gasteiger partial charge is 0.495 e. The number of nitrogens with zero attached hydrogens (tertiary/aromatic N) is 5. The van der Waals surface area contributed by atoms with Crippen molar-refractivity contribution in [1.82, 2.24) is 25.3 Å². The van der Waals surface area contributed by atoms with E-state index in [0.29, 0.717) is 23.1 Å². The monoisotopic (exact) mass is 646 g/mol. The van der Waals surface area contributed by atoms with E-state index in [1.807, 2.05) is 13.0 Å². The summed E-state index contributed by atoms with van der Waals surface area (Å²) in [6, 6.07) is 0.997. The maximum absolute atomic E-state index is 13.3. The summed E-state index contributed by atoms with van der Waals surface area (Å²) in [6.45, 7) is 16.4. The Labute approximate surface area is 268 Å². The molecule has 1 aromatic rings. The number of rotatable bonds is 10. The maximum Gasteiger partial charge on any atom is 0.327 e. The zero-order valence-corrected chi connectivity index (χ0v) is 27.3. The molecule has 1 aromatic carbocycles. The maximum atomic E-state index is 13.3. The minimum atomic E-state index is -0.535. The van der Waals surface area contributed by atoms with Gasteiger partial charge in [-0.25, -0.2) is 14.8 Å². The highest BCUT2D eigenvalue weighted by molar-refractivity contribution is 6.41. The van der Waals surface area contributed by atoms with Crippen LogP contribution in [0.15, 0.2) is 64.5 Å². The lowest BCUT2D eigenvalue weighted by molar-refractivity contribution is -0.115. The number of amides is 3. The highest BCUT2D eigenvalue weighted by atomic mass is 35.5. The van der Waals surface area contributed by atoms with Crippen LogP contribution in [0, 0.1) is 0 Å². The lowest BCUT2D eigenvalue weighted by Crippen LogP contribution is -2.45. The Kier molecular flexibility index (Phi) is 12.7. The summed E-state index contributed by atoms with van der Waals surface area (Å²) in [5, 5.41) is 9.12. The Morgan fingerprint density at radius 1 is 1.02 bits per heavy atom. The number of anilines is 1. The third-order valence-corrected chi connectivity index (χ3v) is 7.98. The first-order chi connectivity index (χ1) is 21.1. The van der Waals surface area contributed by atoms with Crippen LogP contribution >= 0.6 is 23.2 Å². The smallest absolute Gasteiger partial charge is 0.327 e. The average molecular weight is 648 g/mol. The topological polar surface area (TPSA) is 123 Å². The van der Waals surface area contributed by atoms with Crippen LogP contribution in [-0.4, -0.2) is 99.0 Å². The molecule has 44 heavy (non-hydrogen) atoms. The van der Waals surface area contributed by atoms with Gasteiger partial charge in [0, 0.05) is 45.0 Å². The number of piperazine rings is 1. The molecule has 0 bridgehead atoms. The van der Waals surface area contributed by atoms with Crippen molar-refractivity contribution in [2.24, 2.45) is 9.98 Å². The SMILES string of the molecule is C=CC(=O)N/C(C=C)=C(/C=C(\C)N1CCN(CC)CC1)NC1=NCN=C(N(C)C(=O)Nc2c(Cl)c(OC)cc(OC)c2Cl)C1. The van der Waals surface area contributed by atoms with Gasteiger partial charge in [-0.1, -0.05) is 43.3 Å². The van der Waals surface area contributed by atoms with Gasteiger partial charge in [0.2, 0.25) is 5.91 Å². The lowest BCUT2D eigenvalue weighted by Gasteiger charge is -2.36.